The van der Waals surface area contributed by atoms with Crippen LogP contribution in [0.5, 0.6) is 11.6 Å². The van der Waals surface area contributed by atoms with E-state index >= 15 is 0 Å². The fourth-order valence-electron chi connectivity index (χ4n) is 2.45. The van der Waals surface area contributed by atoms with Crippen molar-refractivity contribution in [1.82, 2.24) is 10.3 Å². The average molecular weight is 347 g/mol. The lowest BCUT2D eigenvalue weighted by Gasteiger charge is -2.22. The number of carbonyl (C=O) groups is 2. The van der Waals surface area contributed by atoms with Crippen LogP contribution in [0, 0.1) is 11.6 Å². The number of hydrogen-bond donors (Lipinski definition) is 2. The predicted octanol–water partition coefficient (Wildman–Crippen LogP) is 2.76. The quantitative estimate of drug-likeness (QED) is 0.891. The maximum atomic E-state index is 13.1. The van der Waals surface area contributed by atoms with E-state index in [1.54, 1.807) is 6.07 Å². The van der Waals surface area contributed by atoms with Crippen LogP contribution in [0.15, 0.2) is 36.5 Å². The number of nitrogens with zero attached hydrogens (tertiary/aromatic N) is 1. The highest BCUT2D eigenvalue weighted by Crippen LogP contribution is 2.22. The molecule has 0 aliphatic carbocycles. The number of ether oxygens (including phenoxy) is 1. The first-order valence-electron chi connectivity index (χ1n) is 7.70. The monoisotopic (exact) mass is 347 g/mol. The van der Waals surface area contributed by atoms with E-state index in [2.05, 4.69) is 15.6 Å². The van der Waals surface area contributed by atoms with Crippen molar-refractivity contribution < 1.29 is 23.1 Å². The summed E-state index contributed by atoms with van der Waals surface area (Å²) in [4.78, 5) is 27.4. The van der Waals surface area contributed by atoms with Gasteiger partial charge in [0.2, 0.25) is 17.7 Å². The summed E-state index contributed by atoms with van der Waals surface area (Å²) in [6.07, 6.45) is 3.03. The zero-order chi connectivity index (χ0) is 17.8. The number of rotatable bonds is 4. The predicted molar refractivity (Wildman–Crippen MR) is 85.1 cm³/mol. The number of pyridine rings is 1. The summed E-state index contributed by atoms with van der Waals surface area (Å²) in [5, 5.41) is 5.27. The number of benzene rings is 1. The van der Waals surface area contributed by atoms with Crippen molar-refractivity contribution in [2.24, 2.45) is 0 Å². The van der Waals surface area contributed by atoms with Gasteiger partial charge in [-0.1, -0.05) is 0 Å². The summed E-state index contributed by atoms with van der Waals surface area (Å²) < 4.78 is 31.5. The van der Waals surface area contributed by atoms with Crippen LogP contribution in [-0.2, 0) is 9.59 Å². The molecule has 2 amide bonds. The minimum Gasteiger partial charge on any atom is -0.439 e. The largest absolute Gasteiger partial charge is 0.439 e. The minimum atomic E-state index is -0.756. The van der Waals surface area contributed by atoms with Gasteiger partial charge in [0, 0.05) is 30.7 Å². The lowest BCUT2D eigenvalue weighted by molar-refractivity contribution is -0.128. The number of piperidine rings is 1. The highest BCUT2D eigenvalue weighted by atomic mass is 19.1. The van der Waals surface area contributed by atoms with Gasteiger partial charge in [0.1, 0.15) is 23.4 Å². The van der Waals surface area contributed by atoms with Crippen LogP contribution in [0.3, 0.4) is 0 Å². The molecule has 1 fully saturated rings. The summed E-state index contributed by atoms with van der Waals surface area (Å²) in [5.74, 6) is -1.88. The Morgan fingerprint density at radius 2 is 2.00 bits per heavy atom. The molecule has 1 saturated heterocycles. The molecule has 0 radical (unpaired) electrons. The Bertz CT molecular complexity index is 776. The Labute approximate surface area is 142 Å². The van der Waals surface area contributed by atoms with Crippen molar-refractivity contribution >= 4 is 17.5 Å². The molecule has 0 saturated carbocycles. The van der Waals surface area contributed by atoms with Crippen molar-refractivity contribution in [3.8, 4) is 11.6 Å². The van der Waals surface area contributed by atoms with Gasteiger partial charge in [-0.15, -0.1) is 0 Å². The van der Waals surface area contributed by atoms with Gasteiger partial charge in [0.25, 0.3) is 0 Å². The van der Waals surface area contributed by atoms with Crippen molar-refractivity contribution in [2.75, 3.05) is 5.32 Å². The average Bonchev–Trinajstić information content (AvgIpc) is 2.56. The lowest BCUT2D eigenvalue weighted by Crippen LogP contribution is -2.46. The van der Waals surface area contributed by atoms with Crippen LogP contribution in [0.4, 0.5) is 14.5 Å². The topological polar surface area (TPSA) is 80.3 Å². The molecule has 3 rings (SSSR count). The Morgan fingerprint density at radius 1 is 1.24 bits per heavy atom. The molecule has 0 bridgehead atoms. The second-order valence-electron chi connectivity index (χ2n) is 5.59. The molecule has 1 aromatic heterocycles. The molecular formula is C17H15F2N3O3. The Hall–Kier alpha value is -3.03. The minimum absolute atomic E-state index is 0.0216. The summed E-state index contributed by atoms with van der Waals surface area (Å²) in [7, 11) is 0. The number of amides is 2. The molecule has 1 aromatic carbocycles. The van der Waals surface area contributed by atoms with Gasteiger partial charge >= 0.3 is 0 Å². The summed E-state index contributed by atoms with van der Waals surface area (Å²) >= 11 is 0. The summed E-state index contributed by atoms with van der Waals surface area (Å²) in [6, 6.07) is 5.24. The van der Waals surface area contributed by atoms with Crippen LogP contribution in [0.2, 0.25) is 0 Å². The van der Waals surface area contributed by atoms with Crippen LogP contribution in [0.25, 0.3) is 0 Å². The maximum Gasteiger partial charge on any atom is 0.246 e. The van der Waals surface area contributed by atoms with E-state index < -0.39 is 17.7 Å². The number of anilines is 1. The van der Waals surface area contributed by atoms with Crippen molar-refractivity contribution in [3.63, 3.8) is 0 Å². The number of nitrogens with one attached hydrogen (secondary N) is 2. The Balaban J connectivity index is 1.62. The smallest absolute Gasteiger partial charge is 0.246 e. The number of halogens is 2. The third kappa shape index (κ3) is 4.50. The van der Waals surface area contributed by atoms with Crippen LogP contribution < -0.4 is 15.4 Å². The second kappa shape index (κ2) is 7.25. The van der Waals surface area contributed by atoms with Crippen LogP contribution in [0.1, 0.15) is 19.3 Å². The molecule has 1 aliphatic rings. The SMILES string of the molecule is O=C1CCC[C@H](C(=O)Nc2ccc(Oc3cc(F)cc(F)c3)nc2)N1. The molecule has 25 heavy (non-hydrogen) atoms. The van der Waals surface area contributed by atoms with E-state index in [-0.39, 0.29) is 23.4 Å². The van der Waals surface area contributed by atoms with Gasteiger partial charge in [-0.2, -0.15) is 0 Å². The van der Waals surface area contributed by atoms with E-state index in [1.807, 2.05) is 0 Å². The molecule has 2 aromatic rings. The second-order valence-corrected chi connectivity index (χ2v) is 5.59. The molecule has 2 N–H and O–H groups in total. The molecule has 0 spiro atoms. The van der Waals surface area contributed by atoms with Gasteiger partial charge in [0.05, 0.1) is 11.9 Å². The normalized spacial score (nSPS) is 16.9. The molecule has 130 valence electrons. The molecule has 8 heteroatoms. The fourth-order valence-corrected chi connectivity index (χ4v) is 2.45. The first kappa shape index (κ1) is 16.8. The van der Waals surface area contributed by atoms with E-state index in [9.17, 15) is 18.4 Å². The van der Waals surface area contributed by atoms with Gasteiger partial charge in [0.15, 0.2) is 0 Å². The third-order valence-corrected chi connectivity index (χ3v) is 3.61. The Kier molecular flexibility index (Phi) is 4.87. The summed E-state index contributed by atoms with van der Waals surface area (Å²) in [6.45, 7) is 0. The lowest BCUT2D eigenvalue weighted by atomic mass is 10.0. The molecule has 1 atom stereocenters. The van der Waals surface area contributed by atoms with Gasteiger partial charge in [-0.25, -0.2) is 13.8 Å². The van der Waals surface area contributed by atoms with E-state index in [1.165, 1.54) is 12.3 Å². The molecule has 2 heterocycles. The molecule has 0 unspecified atom stereocenters. The first-order valence-corrected chi connectivity index (χ1v) is 7.70. The zero-order valence-corrected chi connectivity index (χ0v) is 13.1. The van der Waals surface area contributed by atoms with Gasteiger partial charge in [-0.3, -0.25) is 9.59 Å². The summed E-state index contributed by atoms with van der Waals surface area (Å²) in [5.41, 5.74) is 0.419. The molecule has 6 nitrogen and oxygen atoms in total. The molecule has 1 aliphatic heterocycles. The number of carbonyl (C=O) groups excluding carboxylic acids is 2. The van der Waals surface area contributed by atoms with Crippen molar-refractivity contribution in [1.29, 1.82) is 0 Å². The Morgan fingerprint density at radius 3 is 2.64 bits per heavy atom. The van der Waals surface area contributed by atoms with E-state index in [0.717, 1.165) is 18.2 Å². The van der Waals surface area contributed by atoms with Crippen LogP contribution in [-0.4, -0.2) is 22.8 Å². The number of aromatic nitrogens is 1. The number of hydrogen-bond acceptors (Lipinski definition) is 4. The standard InChI is InChI=1S/C17H15F2N3O3/c18-10-6-11(19)8-13(7-10)25-16-5-4-12(9-20-16)21-17(24)14-2-1-3-15(23)22-14/h4-9,14H,1-3H2,(H,21,24)(H,22,23)/t14-/m1/s1. The van der Waals surface area contributed by atoms with Gasteiger partial charge < -0.3 is 15.4 Å². The highest BCUT2D eigenvalue weighted by molar-refractivity contribution is 5.97. The maximum absolute atomic E-state index is 13.1. The van der Waals surface area contributed by atoms with Crippen LogP contribution >= 0.6 is 0 Å². The van der Waals surface area contributed by atoms with Crippen molar-refractivity contribution in [2.45, 2.75) is 25.3 Å². The highest BCUT2D eigenvalue weighted by Gasteiger charge is 2.24. The van der Waals surface area contributed by atoms with Crippen molar-refractivity contribution in [3.05, 3.63) is 48.2 Å². The third-order valence-electron chi connectivity index (χ3n) is 3.61. The van der Waals surface area contributed by atoms with Gasteiger partial charge in [-0.05, 0) is 18.9 Å². The van der Waals surface area contributed by atoms with E-state index in [4.69, 9.17) is 4.74 Å². The first-order chi connectivity index (χ1) is 12.0. The fraction of sp³-hybridized carbons (Fsp3) is 0.235. The van der Waals surface area contributed by atoms with E-state index in [0.29, 0.717) is 24.9 Å². The molecular weight excluding hydrogens is 332 g/mol. The zero-order valence-electron chi connectivity index (χ0n) is 13.1.